The molecule has 3 heterocycles. The van der Waals surface area contributed by atoms with Crippen LogP contribution in [0.3, 0.4) is 0 Å². The zero-order chi connectivity index (χ0) is 25.9. The molecular formula is C22H25N7O6S. The standard InChI is InChI=1S/C22H25N7O6S/c1-13-11-23-20(24-12-13)19(34-5)14(2)36(30,31)28-22-26-25-21(15-9-10-35-27-15)29(22)18-16(32-3)7-6-8-17(18)33-4/h6-12,14,19H,1-5H3,(H,26,28). The fourth-order valence-electron chi connectivity index (χ4n) is 3.55. The van der Waals surface area contributed by atoms with E-state index in [1.165, 1.54) is 39.1 Å². The number of aryl methyl sites for hydroxylation is 1. The second-order valence-corrected chi connectivity index (χ2v) is 9.74. The Balaban J connectivity index is 1.81. The number of ether oxygens (including phenoxy) is 3. The summed E-state index contributed by atoms with van der Waals surface area (Å²) < 4.78 is 52.4. The number of sulfonamides is 1. The third-order valence-corrected chi connectivity index (χ3v) is 7.11. The van der Waals surface area contributed by atoms with Gasteiger partial charge in [0.05, 0.1) is 14.2 Å². The molecule has 4 rings (SSSR count). The minimum Gasteiger partial charge on any atom is -0.494 e. The molecule has 0 fully saturated rings. The first-order valence-electron chi connectivity index (χ1n) is 10.7. The van der Waals surface area contributed by atoms with Crippen LogP contribution in [0.5, 0.6) is 11.5 Å². The Labute approximate surface area is 207 Å². The highest BCUT2D eigenvalue weighted by molar-refractivity contribution is 7.93. The highest BCUT2D eigenvalue weighted by Crippen LogP contribution is 2.37. The van der Waals surface area contributed by atoms with Crippen molar-refractivity contribution in [3.63, 3.8) is 0 Å². The molecule has 1 aromatic carbocycles. The Morgan fingerprint density at radius 3 is 2.25 bits per heavy atom. The topological polar surface area (TPSA) is 156 Å². The van der Waals surface area contributed by atoms with Gasteiger partial charge in [0.25, 0.3) is 0 Å². The Kier molecular flexibility index (Phi) is 7.17. The average molecular weight is 516 g/mol. The number of hydrogen-bond donors (Lipinski definition) is 1. The predicted octanol–water partition coefficient (Wildman–Crippen LogP) is 2.56. The van der Waals surface area contributed by atoms with Gasteiger partial charge in [0.15, 0.2) is 17.3 Å². The largest absolute Gasteiger partial charge is 0.494 e. The Hall–Kier alpha value is -4.04. The number of nitrogens with one attached hydrogen (secondary N) is 1. The summed E-state index contributed by atoms with van der Waals surface area (Å²) in [6.07, 6.45) is 3.60. The summed E-state index contributed by atoms with van der Waals surface area (Å²) in [6, 6.07) is 6.69. The van der Waals surface area contributed by atoms with E-state index in [4.69, 9.17) is 18.7 Å². The summed E-state index contributed by atoms with van der Waals surface area (Å²) in [7, 11) is 0.244. The van der Waals surface area contributed by atoms with Gasteiger partial charge in [0.1, 0.15) is 34.8 Å². The molecule has 0 aliphatic heterocycles. The van der Waals surface area contributed by atoms with Crippen LogP contribution in [0.1, 0.15) is 24.4 Å². The molecule has 0 saturated carbocycles. The number of nitrogens with zero attached hydrogens (tertiary/aromatic N) is 6. The second-order valence-electron chi connectivity index (χ2n) is 7.71. The van der Waals surface area contributed by atoms with E-state index in [-0.39, 0.29) is 17.6 Å². The predicted molar refractivity (Wildman–Crippen MR) is 128 cm³/mol. The van der Waals surface area contributed by atoms with Crippen molar-refractivity contribution in [3.8, 4) is 28.7 Å². The zero-order valence-corrected chi connectivity index (χ0v) is 21.1. The summed E-state index contributed by atoms with van der Waals surface area (Å²) in [5.41, 5.74) is 1.51. The molecule has 36 heavy (non-hydrogen) atoms. The SMILES string of the molecule is COc1cccc(OC)c1-n1c(NS(=O)(=O)C(C)C(OC)c2ncc(C)cn2)nnc1-c1ccon1. The lowest BCUT2D eigenvalue weighted by atomic mass is 10.2. The van der Waals surface area contributed by atoms with Gasteiger partial charge in [-0.25, -0.2) is 18.4 Å². The van der Waals surface area contributed by atoms with Crippen LogP contribution in [0.25, 0.3) is 17.2 Å². The summed E-state index contributed by atoms with van der Waals surface area (Å²) in [4.78, 5) is 8.45. The maximum atomic E-state index is 13.5. The molecule has 2 atom stereocenters. The third-order valence-electron chi connectivity index (χ3n) is 5.41. The Bertz CT molecular complexity index is 1400. The zero-order valence-electron chi connectivity index (χ0n) is 20.2. The normalized spacial score (nSPS) is 13.2. The van der Waals surface area contributed by atoms with Gasteiger partial charge in [-0.05, 0) is 31.5 Å². The monoisotopic (exact) mass is 515 g/mol. The number of para-hydroxylation sites is 1. The van der Waals surface area contributed by atoms with Gasteiger partial charge in [0.2, 0.25) is 16.0 Å². The summed E-state index contributed by atoms with van der Waals surface area (Å²) in [5.74, 6) is 1.08. The first kappa shape index (κ1) is 25.1. The first-order valence-corrected chi connectivity index (χ1v) is 12.3. The average Bonchev–Trinajstić information content (AvgIpc) is 3.54. The molecule has 0 radical (unpaired) electrons. The first-order chi connectivity index (χ1) is 17.3. The van der Waals surface area contributed by atoms with Crippen molar-refractivity contribution >= 4 is 16.0 Å². The molecule has 0 amide bonds. The van der Waals surface area contributed by atoms with Crippen molar-refractivity contribution in [2.45, 2.75) is 25.2 Å². The van der Waals surface area contributed by atoms with Crippen LogP contribution < -0.4 is 14.2 Å². The van der Waals surface area contributed by atoms with Crippen LogP contribution in [-0.2, 0) is 14.8 Å². The van der Waals surface area contributed by atoms with Crippen molar-refractivity contribution in [1.29, 1.82) is 0 Å². The molecule has 2 unspecified atom stereocenters. The van der Waals surface area contributed by atoms with Crippen molar-refractivity contribution in [2.24, 2.45) is 0 Å². The molecule has 0 aliphatic rings. The van der Waals surface area contributed by atoms with Crippen molar-refractivity contribution in [1.82, 2.24) is 29.9 Å². The lowest BCUT2D eigenvalue weighted by molar-refractivity contribution is 0.0949. The molecule has 13 nitrogen and oxygen atoms in total. The molecule has 0 bridgehead atoms. The Morgan fingerprint density at radius 2 is 1.69 bits per heavy atom. The van der Waals surface area contributed by atoms with Crippen LogP contribution in [-0.4, -0.2) is 64.9 Å². The lowest BCUT2D eigenvalue weighted by Crippen LogP contribution is -2.33. The highest BCUT2D eigenvalue weighted by atomic mass is 32.2. The highest BCUT2D eigenvalue weighted by Gasteiger charge is 2.35. The van der Waals surface area contributed by atoms with E-state index in [0.29, 0.717) is 22.9 Å². The minimum absolute atomic E-state index is 0.123. The van der Waals surface area contributed by atoms with Gasteiger partial charge < -0.3 is 18.7 Å². The van der Waals surface area contributed by atoms with E-state index in [1.54, 1.807) is 36.7 Å². The van der Waals surface area contributed by atoms with E-state index in [2.05, 4.69) is 30.0 Å². The molecule has 0 saturated heterocycles. The van der Waals surface area contributed by atoms with E-state index in [1.807, 2.05) is 6.92 Å². The Morgan fingerprint density at radius 1 is 1.03 bits per heavy atom. The molecule has 14 heteroatoms. The van der Waals surface area contributed by atoms with Crippen molar-refractivity contribution in [2.75, 3.05) is 26.1 Å². The summed E-state index contributed by atoms with van der Waals surface area (Å²) >= 11 is 0. The van der Waals surface area contributed by atoms with Crippen LogP contribution in [0.2, 0.25) is 0 Å². The van der Waals surface area contributed by atoms with E-state index in [0.717, 1.165) is 5.56 Å². The van der Waals surface area contributed by atoms with Crippen LogP contribution in [0, 0.1) is 6.92 Å². The van der Waals surface area contributed by atoms with Crippen molar-refractivity contribution < 1.29 is 27.2 Å². The number of hydrogen-bond acceptors (Lipinski definition) is 11. The fourth-order valence-corrected chi connectivity index (χ4v) is 4.68. The van der Waals surface area contributed by atoms with Crippen LogP contribution >= 0.6 is 0 Å². The fraction of sp³-hybridized carbons (Fsp3) is 0.318. The minimum atomic E-state index is -4.11. The molecular weight excluding hydrogens is 490 g/mol. The molecule has 4 aromatic rings. The molecule has 190 valence electrons. The number of anilines is 1. The van der Waals surface area contributed by atoms with Crippen LogP contribution in [0.4, 0.5) is 5.95 Å². The van der Waals surface area contributed by atoms with Gasteiger partial charge in [-0.2, -0.15) is 0 Å². The van der Waals surface area contributed by atoms with Gasteiger partial charge in [-0.15, -0.1) is 10.2 Å². The summed E-state index contributed by atoms with van der Waals surface area (Å²) in [6.45, 7) is 3.32. The molecule has 0 aliphatic carbocycles. The van der Waals surface area contributed by atoms with Gasteiger partial charge in [0, 0.05) is 25.6 Å². The van der Waals surface area contributed by atoms with E-state index < -0.39 is 21.4 Å². The quantitative estimate of drug-likeness (QED) is 0.331. The maximum absolute atomic E-state index is 13.5. The van der Waals surface area contributed by atoms with E-state index >= 15 is 0 Å². The van der Waals surface area contributed by atoms with Crippen molar-refractivity contribution in [3.05, 3.63) is 54.3 Å². The second kappa shape index (κ2) is 10.3. The number of rotatable bonds is 10. The van der Waals surface area contributed by atoms with Crippen LogP contribution in [0.15, 0.2) is 47.4 Å². The maximum Gasteiger partial charge on any atom is 0.243 e. The molecule has 1 N–H and O–H groups in total. The molecule has 3 aromatic heterocycles. The lowest BCUT2D eigenvalue weighted by Gasteiger charge is -2.22. The summed E-state index contributed by atoms with van der Waals surface area (Å²) in [5, 5.41) is 11.1. The third kappa shape index (κ3) is 4.72. The molecule has 0 spiro atoms. The van der Waals surface area contributed by atoms with Gasteiger partial charge in [-0.3, -0.25) is 9.29 Å². The number of aromatic nitrogens is 6. The van der Waals surface area contributed by atoms with Gasteiger partial charge >= 0.3 is 0 Å². The van der Waals surface area contributed by atoms with Gasteiger partial charge in [-0.1, -0.05) is 11.2 Å². The number of methoxy groups -OCH3 is 3. The van der Waals surface area contributed by atoms with E-state index in [9.17, 15) is 8.42 Å². The number of benzene rings is 1. The smallest absolute Gasteiger partial charge is 0.243 e.